The van der Waals surface area contributed by atoms with E-state index < -0.39 is 11.4 Å². The first-order valence-electron chi connectivity index (χ1n) is 6.45. The highest BCUT2D eigenvalue weighted by Crippen LogP contribution is 2.29. The first kappa shape index (κ1) is 13.5. The molecule has 0 spiro atoms. The average Bonchev–Trinajstić information content (AvgIpc) is 3.01. The van der Waals surface area contributed by atoms with Crippen LogP contribution in [0.25, 0.3) is 0 Å². The Bertz CT molecular complexity index is 234. The predicted molar refractivity (Wildman–Crippen MR) is 65.5 cm³/mol. The Hall–Kier alpha value is -0.570. The number of aliphatic carboxylic acids is 1. The summed E-state index contributed by atoms with van der Waals surface area (Å²) in [5, 5.41) is 9.07. The van der Waals surface area contributed by atoms with Crippen molar-refractivity contribution in [3.8, 4) is 0 Å². The van der Waals surface area contributed by atoms with Crippen LogP contribution in [0.4, 0.5) is 0 Å². The van der Waals surface area contributed by atoms with Gasteiger partial charge in [-0.05, 0) is 52.6 Å². The molecule has 16 heavy (non-hydrogen) atoms. The zero-order chi connectivity index (χ0) is 12.2. The lowest BCUT2D eigenvalue weighted by Crippen LogP contribution is -2.34. The van der Waals surface area contributed by atoms with Gasteiger partial charge in [-0.3, -0.25) is 4.79 Å². The van der Waals surface area contributed by atoms with Crippen LogP contribution in [0.1, 0.15) is 52.9 Å². The Labute approximate surface area is 98.8 Å². The molecule has 0 aliphatic heterocycles. The van der Waals surface area contributed by atoms with Crippen molar-refractivity contribution >= 4 is 5.97 Å². The molecular weight excluding hydrogens is 202 g/mol. The van der Waals surface area contributed by atoms with Crippen molar-refractivity contribution in [1.82, 2.24) is 4.90 Å². The van der Waals surface area contributed by atoms with Crippen molar-refractivity contribution in [3.05, 3.63) is 0 Å². The maximum Gasteiger partial charge on any atom is 0.309 e. The van der Waals surface area contributed by atoms with E-state index in [2.05, 4.69) is 11.8 Å². The summed E-state index contributed by atoms with van der Waals surface area (Å²) in [6.07, 6.45) is 5.80. The normalized spacial score (nSPS) is 16.8. The van der Waals surface area contributed by atoms with Gasteiger partial charge in [0.1, 0.15) is 0 Å². The van der Waals surface area contributed by atoms with E-state index in [1.54, 1.807) is 0 Å². The Balaban J connectivity index is 2.34. The first-order valence-corrected chi connectivity index (χ1v) is 6.45. The van der Waals surface area contributed by atoms with E-state index in [-0.39, 0.29) is 0 Å². The molecule has 1 aliphatic rings. The van der Waals surface area contributed by atoms with Crippen molar-refractivity contribution in [2.24, 2.45) is 5.41 Å². The van der Waals surface area contributed by atoms with Gasteiger partial charge in [0.05, 0.1) is 5.41 Å². The topological polar surface area (TPSA) is 40.5 Å². The largest absolute Gasteiger partial charge is 0.481 e. The second kappa shape index (κ2) is 5.67. The first-order chi connectivity index (χ1) is 7.47. The fourth-order valence-corrected chi connectivity index (χ4v) is 1.81. The van der Waals surface area contributed by atoms with E-state index in [9.17, 15) is 4.79 Å². The van der Waals surface area contributed by atoms with Crippen LogP contribution < -0.4 is 0 Å². The van der Waals surface area contributed by atoms with Gasteiger partial charge >= 0.3 is 5.97 Å². The van der Waals surface area contributed by atoms with Gasteiger partial charge in [-0.25, -0.2) is 0 Å². The average molecular weight is 227 g/mol. The van der Waals surface area contributed by atoms with Crippen molar-refractivity contribution in [3.63, 3.8) is 0 Å². The molecule has 0 unspecified atom stereocenters. The van der Waals surface area contributed by atoms with Gasteiger partial charge in [0.15, 0.2) is 0 Å². The maximum absolute atomic E-state index is 11.0. The zero-order valence-corrected chi connectivity index (χ0v) is 10.8. The molecule has 0 heterocycles. The zero-order valence-electron chi connectivity index (χ0n) is 10.8. The predicted octanol–water partition coefficient (Wildman–Crippen LogP) is 2.75. The van der Waals surface area contributed by atoms with Crippen LogP contribution in [0.15, 0.2) is 0 Å². The number of hydrogen-bond donors (Lipinski definition) is 1. The number of carboxylic acid groups (broad SMARTS) is 1. The van der Waals surface area contributed by atoms with E-state index >= 15 is 0 Å². The van der Waals surface area contributed by atoms with Gasteiger partial charge in [-0.15, -0.1) is 0 Å². The lowest BCUT2D eigenvalue weighted by atomic mass is 9.89. The fourth-order valence-electron chi connectivity index (χ4n) is 1.81. The molecule has 1 aliphatic carbocycles. The van der Waals surface area contributed by atoms with E-state index in [1.807, 2.05) is 13.8 Å². The summed E-state index contributed by atoms with van der Waals surface area (Å²) in [5.41, 5.74) is -0.584. The second-order valence-corrected chi connectivity index (χ2v) is 5.56. The molecule has 1 N–H and O–H groups in total. The molecule has 0 atom stereocenters. The minimum Gasteiger partial charge on any atom is -0.481 e. The van der Waals surface area contributed by atoms with Gasteiger partial charge in [0, 0.05) is 6.04 Å². The number of hydrogen-bond acceptors (Lipinski definition) is 2. The molecule has 0 bridgehead atoms. The lowest BCUT2D eigenvalue weighted by molar-refractivity contribution is -0.147. The van der Waals surface area contributed by atoms with E-state index in [1.165, 1.54) is 25.7 Å². The Kier molecular flexibility index (Phi) is 4.78. The molecule has 94 valence electrons. The molecule has 1 fully saturated rings. The molecule has 3 heteroatoms. The number of rotatable bonds is 8. The quantitative estimate of drug-likeness (QED) is 0.693. The number of unbranched alkanes of at least 4 members (excludes halogenated alkanes) is 1. The minimum atomic E-state index is -0.682. The molecule has 0 amide bonds. The monoisotopic (exact) mass is 227 g/mol. The van der Waals surface area contributed by atoms with Crippen LogP contribution in [0.2, 0.25) is 0 Å². The maximum atomic E-state index is 11.0. The highest BCUT2D eigenvalue weighted by molar-refractivity contribution is 5.73. The van der Waals surface area contributed by atoms with E-state index in [4.69, 9.17) is 5.11 Å². The standard InChI is InChI=1S/C13H25NO2/c1-4-5-9-14(11-6-7-11)10-8-13(2,3)12(15)16/h11H,4-10H2,1-3H3,(H,15,16). The summed E-state index contributed by atoms with van der Waals surface area (Å²) in [6, 6.07) is 0.746. The van der Waals surface area contributed by atoms with Gasteiger partial charge in [-0.1, -0.05) is 13.3 Å². The number of carbonyl (C=O) groups is 1. The summed E-state index contributed by atoms with van der Waals surface area (Å²) < 4.78 is 0. The van der Waals surface area contributed by atoms with Crippen LogP contribution in [0.3, 0.4) is 0 Å². The fraction of sp³-hybridized carbons (Fsp3) is 0.923. The van der Waals surface area contributed by atoms with Gasteiger partial charge in [-0.2, -0.15) is 0 Å². The third-order valence-corrected chi connectivity index (χ3v) is 3.47. The minimum absolute atomic E-state index is 0.584. The van der Waals surface area contributed by atoms with Gasteiger partial charge < -0.3 is 10.0 Å². The number of nitrogens with zero attached hydrogens (tertiary/aromatic N) is 1. The van der Waals surface area contributed by atoms with Crippen LogP contribution in [0, 0.1) is 5.41 Å². The van der Waals surface area contributed by atoms with Crippen molar-refractivity contribution < 1.29 is 9.90 Å². The van der Waals surface area contributed by atoms with Crippen LogP contribution in [-0.4, -0.2) is 35.1 Å². The molecule has 0 aromatic rings. The summed E-state index contributed by atoms with van der Waals surface area (Å²) in [4.78, 5) is 13.5. The third kappa shape index (κ3) is 4.12. The molecular formula is C13H25NO2. The molecule has 0 radical (unpaired) electrons. The van der Waals surface area contributed by atoms with Crippen LogP contribution >= 0.6 is 0 Å². The lowest BCUT2D eigenvalue weighted by Gasteiger charge is -2.26. The van der Waals surface area contributed by atoms with Crippen molar-refractivity contribution in [2.45, 2.75) is 58.9 Å². The summed E-state index contributed by atoms with van der Waals surface area (Å²) in [7, 11) is 0. The van der Waals surface area contributed by atoms with E-state index in [0.29, 0.717) is 0 Å². The second-order valence-electron chi connectivity index (χ2n) is 5.56. The Morgan fingerprint density at radius 1 is 1.38 bits per heavy atom. The molecule has 0 aromatic heterocycles. The summed E-state index contributed by atoms with van der Waals surface area (Å²) in [6.45, 7) is 7.91. The molecule has 3 nitrogen and oxygen atoms in total. The SMILES string of the molecule is CCCCN(CCC(C)(C)C(=O)O)C1CC1. The highest BCUT2D eigenvalue weighted by Gasteiger charge is 2.32. The van der Waals surface area contributed by atoms with Gasteiger partial charge in [0.2, 0.25) is 0 Å². The van der Waals surface area contributed by atoms with Crippen LogP contribution in [0.5, 0.6) is 0 Å². The van der Waals surface area contributed by atoms with Crippen LogP contribution in [-0.2, 0) is 4.79 Å². The summed E-state index contributed by atoms with van der Waals surface area (Å²) >= 11 is 0. The van der Waals surface area contributed by atoms with Gasteiger partial charge in [0.25, 0.3) is 0 Å². The summed E-state index contributed by atoms with van der Waals surface area (Å²) in [5.74, 6) is -0.682. The van der Waals surface area contributed by atoms with Crippen molar-refractivity contribution in [1.29, 1.82) is 0 Å². The Morgan fingerprint density at radius 2 is 2.00 bits per heavy atom. The Morgan fingerprint density at radius 3 is 2.44 bits per heavy atom. The molecule has 1 saturated carbocycles. The van der Waals surface area contributed by atoms with E-state index in [0.717, 1.165) is 25.6 Å². The smallest absolute Gasteiger partial charge is 0.309 e. The molecule has 1 rings (SSSR count). The van der Waals surface area contributed by atoms with Crippen molar-refractivity contribution in [2.75, 3.05) is 13.1 Å². The highest BCUT2D eigenvalue weighted by atomic mass is 16.4. The molecule has 0 aromatic carbocycles. The number of carboxylic acids is 1. The molecule has 0 saturated heterocycles. The third-order valence-electron chi connectivity index (χ3n) is 3.47.